The molecule has 0 aliphatic rings. The van der Waals surface area contributed by atoms with Crippen LogP contribution in [0.15, 0.2) is 54.1 Å². The van der Waals surface area contributed by atoms with Crippen LogP contribution in [0, 0.1) is 11.6 Å². The smallest absolute Gasteiger partial charge is 0.168 e. The minimum Gasteiger partial charge on any atom is -0.390 e. The summed E-state index contributed by atoms with van der Waals surface area (Å²) in [6.45, 7) is 0.408. The van der Waals surface area contributed by atoms with Crippen molar-refractivity contribution in [1.29, 1.82) is 0 Å². The van der Waals surface area contributed by atoms with Crippen molar-refractivity contribution >= 4 is 11.8 Å². The highest BCUT2D eigenvalue weighted by Gasteiger charge is 2.11. The number of aliphatic hydroxyl groups is 1. The molecule has 0 saturated heterocycles. The highest BCUT2D eigenvalue weighted by molar-refractivity contribution is 7.98. The second kappa shape index (κ2) is 7.55. The molecule has 0 aliphatic heterocycles. The summed E-state index contributed by atoms with van der Waals surface area (Å²) in [5, 5.41) is 10.2. The molecule has 2 heterocycles. The first kappa shape index (κ1) is 16.6. The van der Waals surface area contributed by atoms with Crippen molar-refractivity contribution < 1.29 is 13.9 Å². The van der Waals surface area contributed by atoms with Gasteiger partial charge in [-0.1, -0.05) is 11.8 Å². The summed E-state index contributed by atoms with van der Waals surface area (Å²) in [6, 6.07) is 7.23. The molecule has 0 saturated carbocycles. The molecule has 0 unspecified atom stereocenters. The van der Waals surface area contributed by atoms with Crippen molar-refractivity contribution in [2.45, 2.75) is 24.1 Å². The van der Waals surface area contributed by atoms with E-state index in [1.165, 1.54) is 23.9 Å². The first-order chi connectivity index (χ1) is 11.7. The fraction of sp³-hybridized carbons (Fsp3) is 0.176. The molecule has 1 N–H and O–H groups in total. The first-order valence-electron chi connectivity index (χ1n) is 7.27. The van der Waals surface area contributed by atoms with Crippen LogP contribution in [-0.4, -0.2) is 19.6 Å². The van der Waals surface area contributed by atoms with E-state index >= 15 is 0 Å². The molecule has 0 aliphatic carbocycles. The van der Waals surface area contributed by atoms with Gasteiger partial charge >= 0.3 is 0 Å². The van der Waals surface area contributed by atoms with E-state index in [0.717, 1.165) is 11.6 Å². The van der Waals surface area contributed by atoms with Gasteiger partial charge in [0.05, 0.1) is 25.0 Å². The molecule has 3 aromatic rings. The number of benzene rings is 1. The number of halogens is 2. The van der Waals surface area contributed by atoms with E-state index < -0.39 is 11.6 Å². The number of pyridine rings is 1. The van der Waals surface area contributed by atoms with Gasteiger partial charge in [0.25, 0.3) is 0 Å². The van der Waals surface area contributed by atoms with Crippen LogP contribution < -0.4 is 0 Å². The summed E-state index contributed by atoms with van der Waals surface area (Å²) in [5.74, 6) is -0.809. The van der Waals surface area contributed by atoms with Crippen LogP contribution in [0.4, 0.5) is 8.78 Å². The van der Waals surface area contributed by atoms with Crippen molar-refractivity contribution in [3.63, 3.8) is 0 Å². The zero-order valence-electron chi connectivity index (χ0n) is 12.7. The SMILES string of the molecule is OCc1cnc(SCc2cc(F)cc(F)c2)n1Cc1ccncc1. The molecule has 0 amide bonds. The van der Waals surface area contributed by atoms with E-state index in [1.807, 2.05) is 16.7 Å². The maximum atomic E-state index is 13.3. The Balaban J connectivity index is 1.79. The molecule has 1 aromatic carbocycles. The second-order valence-corrected chi connectivity index (χ2v) is 6.14. The monoisotopic (exact) mass is 347 g/mol. The topological polar surface area (TPSA) is 50.9 Å². The predicted molar refractivity (Wildman–Crippen MR) is 87.4 cm³/mol. The number of hydrogen-bond donors (Lipinski definition) is 1. The number of nitrogens with zero attached hydrogens (tertiary/aromatic N) is 3. The van der Waals surface area contributed by atoms with Crippen LogP contribution in [0.5, 0.6) is 0 Å². The number of thioether (sulfide) groups is 1. The van der Waals surface area contributed by atoms with Crippen LogP contribution in [0.2, 0.25) is 0 Å². The number of imidazole rings is 1. The average molecular weight is 347 g/mol. The Morgan fingerprint density at radius 1 is 1.04 bits per heavy atom. The predicted octanol–water partition coefficient (Wildman–Crippen LogP) is 3.39. The number of aliphatic hydroxyl groups excluding tert-OH is 1. The van der Waals surface area contributed by atoms with Crippen LogP contribution in [0.1, 0.15) is 16.8 Å². The molecule has 0 radical (unpaired) electrons. The molecule has 2 aromatic heterocycles. The Labute approximate surface area is 142 Å². The minimum absolute atomic E-state index is 0.132. The largest absolute Gasteiger partial charge is 0.390 e. The Kier molecular flexibility index (Phi) is 5.22. The third-order valence-electron chi connectivity index (χ3n) is 3.44. The third kappa shape index (κ3) is 3.98. The standard InChI is InChI=1S/C17H15F2N3OS/c18-14-5-13(6-15(19)7-14)11-24-17-21-8-16(10-23)22(17)9-12-1-3-20-4-2-12/h1-8,23H,9-11H2. The van der Waals surface area contributed by atoms with Crippen molar-refractivity contribution in [3.05, 3.63) is 77.4 Å². The number of hydrogen-bond acceptors (Lipinski definition) is 4. The van der Waals surface area contributed by atoms with E-state index in [-0.39, 0.29) is 6.61 Å². The summed E-state index contributed by atoms with van der Waals surface area (Å²) < 4.78 is 28.4. The molecule has 0 atom stereocenters. The zero-order chi connectivity index (χ0) is 16.9. The Bertz CT molecular complexity index is 804. The lowest BCUT2D eigenvalue weighted by Crippen LogP contribution is -2.06. The van der Waals surface area contributed by atoms with Gasteiger partial charge in [0.1, 0.15) is 11.6 Å². The fourth-order valence-electron chi connectivity index (χ4n) is 2.32. The molecule has 24 heavy (non-hydrogen) atoms. The average Bonchev–Trinajstić information content (AvgIpc) is 2.95. The van der Waals surface area contributed by atoms with Gasteiger partial charge in [0.2, 0.25) is 0 Å². The molecule has 0 fully saturated rings. The van der Waals surface area contributed by atoms with Crippen molar-refractivity contribution in [2.24, 2.45) is 0 Å². The van der Waals surface area contributed by atoms with E-state index in [0.29, 0.717) is 28.7 Å². The Morgan fingerprint density at radius 2 is 1.75 bits per heavy atom. The summed E-state index contributed by atoms with van der Waals surface area (Å²) in [7, 11) is 0. The van der Waals surface area contributed by atoms with Gasteiger partial charge in [0, 0.05) is 24.2 Å². The van der Waals surface area contributed by atoms with Crippen molar-refractivity contribution in [2.75, 3.05) is 0 Å². The molecule has 0 bridgehead atoms. The van der Waals surface area contributed by atoms with Gasteiger partial charge in [-0.2, -0.15) is 0 Å². The van der Waals surface area contributed by atoms with Gasteiger partial charge < -0.3 is 9.67 Å². The van der Waals surface area contributed by atoms with E-state index in [4.69, 9.17) is 0 Å². The van der Waals surface area contributed by atoms with Crippen LogP contribution in [0.3, 0.4) is 0 Å². The van der Waals surface area contributed by atoms with Gasteiger partial charge in [-0.25, -0.2) is 13.8 Å². The summed E-state index contributed by atoms with van der Waals surface area (Å²) in [6.07, 6.45) is 5.01. The molecule has 0 spiro atoms. The van der Waals surface area contributed by atoms with Crippen LogP contribution in [-0.2, 0) is 18.9 Å². The highest BCUT2D eigenvalue weighted by atomic mass is 32.2. The highest BCUT2D eigenvalue weighted by Crippen LogP contribution is 2.25. The van der Waals surface area contributed by atoms with E-state index in [9.17, 15) is 13.9 Å². The van der Waals surface area contributed by atoms with Gasteiger partial charge in [-0.05, 0) is 35.4 Å². The number of aromatic nitrogens is 3. The summed E-state index contributed by atoms with van der Waals surface area (Å²) in [5.41, 5.74) is 2.25. The molecular formula is C17H15F2N3OS. The van der Waals surface area contributed by atoms with Gasteiger partial charge in [-0.15, -0.1) is 0 Å². The molecule has 3 rings (SSSR count). The molecular weight excluding hydrogens is 332 g/mol. The second-order valence-electron chi connectivity index (χ2n) is 5.20. The molecule has 124 valence electrons. The lowest BCUT2D eigenvalue weighted by atomic mass is 10.2. The van der Waals surface area contributed by atoms with Crippen LogP contribution >= 0.6 is 11.8 Å². The van der Waals surface area contributed by atoms with E-state index in [2.05, 4.69) is 9.97 Å². The van der Waals surface area contributed by atoms with Crippen molar-refractivity contribution in [1.82, 2.24) is 14.5 Å². The molecule has 7 heteroatoms. The third-order valence-corrected chi connectivity index (χ3v) is 4.51. The van der Waals surface area contributed by atoms with Crippen LogP contribution in [0.25, 0.3) is 0 Å². The lowest BCUT2D eigenvalue weighted by molar-refractivity contribution is 0.270. The zero-order valence-corrected chi connectivity index (χ0v) is 13.5. The maximum absolute atomic E-state index is 13.3. The quantitative estimate of drug-likeness (QED) is 0.695. The fourth-order valence-corrected chi connectivity index (χ4v) is 3.24. The number of rotatable bonds is 6. The maximum Gasteiger partial charge on any atom is 0.168 e. The normalized spacial score (nSPS) is 11.0. The lowest BCUT2D eigenvalue weighted by Gasteiger charge is -2.11. The summed E-state index contributed by atoms with van der Waals surface area (Å²) in [4.78, 5) is 8.29. The van der Waals surface area contributed by atoms with Gasteiger partial charge in [0.15, 0.2) is 5.16 Å². The van der Waals surface area contributed by atoms with E-state index in [1.54, 1.807) is 18.6 Å². The summed E-state index contributed by atoms with van der Waals surface area (Å²) >= 11 is 1.36. The first-order valence-corrected chi connectivity index (χ1v) is 8.26. The Morgan fingerprint density at radius 3 is 2.42 bits per heavy atom. The Hall–Kier alpha value is -2.25. The van der Waals surface area contributed by atoms with Crippen molar-refractivity contribution in [3.8, 4) is 0 Å². The molecule has 4 nitrogen and oxygen atoms in total. The minimum atomic E-state index is -0.596. The van der Waals surface area contributed by atoms with Gasteiger partial charge in [-0.3, -0.25) is 4.98 Å².